The van der Waals surface area contributed by atoms with Crippen molar-refractivity contribution in [1.82, 2.24) is 4.98 Å². The Morgan fingerprint density at radius 1 is 1.71 bits per heavy atom. The molecule has 1 saturated heterocycles. The summed E-state index contributed by atoms with van der Waals surface area (Å²) in [5, 5.41) is 8.53. The molecular formula is C10H11NO4S2. The van der Waals surface area contributed by atoms with Crippen LogP contribution in [0.2, 0.25) is 0 Å². The van der Waals surface area contributed by atoms with Crippen molar-refractivity contribution in [2.45, 2.75) is 29.4 Å². The number of thioether (sulfide) groups is 1. The van der Waals surface area contributed by atoms with E-state index in [1.165, 1.54) is 23.1 Å². The summed E-state index contributed by atoms with van der Waals surface area (Å²) in [6.07, 6.45) is 0.676. The number of carboxylic acids is 1. The third-order valence-corrected chi connectivity index (χ3v) is 4.81. The Bertz CT molecular complexity index is 457. The maximum atomic E-state index is 11.3. The van der Waals surface area contributed by atoms with Gasteiger partial charge in [0.05, 0.1) is 18.7 Å². The van der Waals surface area contributed by atoms with Crippen LogP contribution in [0.4, 0.5) is 0 Å². The van der Waals surface area contributed by atoms with E-state index in [0.29, 0.717) is 13.0 Å². The first-order chi connectivity index (χ1) is 8.06. The van der Waals surface area contributed by atoms with E-state index in [4.69, 9.17) is 9.84 Å². The van der Waals surface area contributed by atoms with Gasteiger partial charge in [0, 0.05) is 11.3 Å². The molecule has 1 unspecified atom stereocenters. The van der Waals surface area contributed by atoms with Crippen LogP contribution in [0, 0.1) is 6.92 Å². The lowest BCUT2D eigenvalue weighted by Crippen LogP contribution is -2.08. The number of aromatic nitrogens is 1. The zero-order valence-corrected chi connectivity index (χ0v) is 10.8. The number of aliphatic carboxylic acids is 1. The second-order valence-electron chi connectivity index (χ2n) is 3.62. The first-order valence-corrected chi connectivity index (χ1v) is 6.77. The van der Waals surface area contributed by atoms with Gasteiger partial charge in [-0.3, -0.25) is 9.59 Å². The Morgan fingerprint density at radius 2 is 2.47 bits per heavy atom. The Labute approximate surface area is 106 Å². The van der Waals surface area contributed by atoms with Crippen molar-refractivity contribution in [2.75, 3.05) is 6.61 Å². The molecule has 1 atom stereocenters. The molecule has 1 N–H and O–H groups in total. The van der Waals surface area contributed by atoms with Gasteiger partial charge in [-0.15, -0.1) is 11.3 Å². The summed E-state index contributed by atoms with van der Waals surface area (Å²) in [5.41, 5.74) is 0.728. The fourth-order valence-electron chi connectivity index (χ4n) is 1.46. The molecule has 0 bridgehead atoms. The minimum atomic E-state index is -0.867. The number of carbonyl (C=O) groups excluding carboxylic acids is 1. The molecule has 17 heavy (non-hydrogen) atoms. The van der Waals surface area contributed by atoms with Crippen molar-refractivity contribution >= 4 is 35.0 Å². The molecule has 7 heteroatoms. The smallest absolute Gasteiger partial charge is 0.319 e. The Balaban J connectivity index is 2.06. The zero-order valence-electron chi connectivity index (χ0n) is 9.13. The molecule has 1 aliphatic rings. The van der Waals surface area contributed by atoms with Gasteiger partial charge in [-0.1, -0.05) is 11.8 Å². The third-order valence-electron chi connectivity index (χ3n) is 2.32. The van der Waals surface area contributed by atoms with Gasteiger partial charge in [-0.2, -0.15) is 0 Å². The number of carboxylic acid groups (broad SMARTS) is 1. The Kier molecular flexibility index (Phi) is 3.68. The first-order valence-electron chi connectivity index (χ1n) is 5.07. The van der Waals surface area contributed by atoms with Gasteiger partial charge < -0.3 is 9.84 Å². The van der Waals surface area contributed by atoms with Crippen LogP contribution in [-0.4, -0.2) is 33.9 Å². The fraction of sp³-hybridized carbons (Fsp3) is 0.500. The van der Waals surface area contributed by atoms with Crippen molar-refractivity contribution < 1.29 is 19.4 Å². The number of cyclic esters (lactones) is 1. The van der Waals surface area contributed by atoms with E-state index in [9.17, 15) is 9.59 Å². The second-order valence-corrected chi connectivity index (χ2v) is 6.16. The highest BCUT2D eigenvalue weighted by Gasteiger charge is 2.28. The SMILES string of the molecule is Cc1nc(SC2CCOC2=O)sc1CC(=O)O. The van der Waals surface area contributed by atoms with Crippen molar-refractivity contribution in [3.63, 3.8) is 0 Å². The minimum Gasteiger partial charge on any atom is -0.481 e. The summed E-state index contributed by atoms with van der Waals surface area (Å²) < 4.78 is 5.60. The highest BCUT2D eigenvalue weighted by molar-refractivity contribution is 8.02. The van der Waals surface area contributed by atoms with E-state index >= 15 is 0 Å². The van der Waals surface area contributed by atoms with Gasteiger partial charge >= 0.3 is 11.9 Å². The molecule has 1 aliphatic heterocycles. The van der Waals surface area contributed by atoms with Crippen LogP contribution in [0.15, 0.2) is 4.34 Å². The van der Waals surface area contributed by atoms with Crippen LogP contribution in [0.3, 0.4) is 0 Å². The van der Waals surface area contributed by atoms with Crippen LogP contribution < -0.4 is 0 Å². The van der Waals surface area contributed by atoms with Gasteiger partial charge in [0.2, 0.25) is 0 Å². The Hall–Kier alpha value is -1.08. The number of hydrogen-bond acceptors (Lipinski definition) is 6. The number of rotatable bonds is 4. The van der Waals surface area contributed by atoms with E-state index in [-0.39, 0.29) is 17.6 Å². The van der Waals surface area contributed by atoms with Gasteiger partial charge in [0.1, 0.15) is 5.25 Å². The molecule has 0 spiro atoms. The molecular weight excluding hydrogens is 262 g/mol. The van der Waals surface area contributed by atoms with E-state index < -0.39 is 5.97 Å². The highest BCUT2D eigenvalue weighted by atomic mass is 32.2. The van der Waals surface area contributed by atoms with Crippen molar-refractivity contribution in [3.05, 3.63) is 10.6 Å². The summed E-state index contributed by atoms with van der Waals surface area (Å²) in [7, 11) is 0. The fourth-order valence-corrected chi connectivity index (χ4v) is 3.90. The molecule has 1 aromatic heterocycles. The molecule has 0 saturated carbocycles. The highest BCUT2D eigenvalue weighted by Crippen LogP contribution is 2.34. The number of carbonyl (C=O) groups is 2. The molecule has 1 aromatic rings. The molecule has 2 heterocycles. The maximum Gasteiger partial charge on any atom is 0.319 e. The van der Waals surface area contributed by atoms with Crippen LogP contribution in [0.5, 0.6) is 0 Å². The van der Waals surface area contributed by atoms with Gasteiger partial charge in [-0.25, -0.2) is 4.98 Å². The topological polar surface area (TPSA) is 76.5 Å². The summed E-state index contributed by atoms with van der Waals surface area (Å²) >= 11 is 2.70. The van der Waals surface area contributed by atoms with Gasteiger partial charge in [0.15, 0.2) is 4.34 Å². The molecule has 1 fully saturated rings. The monoisotopic (exact) mass is 273 g/mol. The molecule has 92 valence electrons. The summed E-state index contributed by atoms with van der Waals surface area (Å²) in [5.74, 6) is -1.07. The van der Waals surface area contributed by atoms with Crippen LogP contribution in [0.25, 0.3) is 0 Å². The lowest BCUT2D eigenvalue weighted by Gasteiger charge is -2.00. The summed E-state index contributed by atoms with van der Waals surface area (Å²) in [6.45, 7) is 2.24. The van der Waals surface area contributed by atoms with Crippen molar-refractivity contribution in [1.29, 1.82) is 0 Å². The molecule has 0 amide bonds. The number of hydrogen-bond donors (Lipinski definition) is 1. The number of esters is 1. The lowest BCUT2D eigenvalue weighted by atomic mass is 10.3. The molecule has 5 nitrogen and oxygen atoms in total. The summed E-state index contributed by atoms with van der Waals surface area (Å²) in [6, 6.07) is 0. The van der Waals surface area contributed by atoms with Crippen LogP contribution in [0.1, 0.15) is 17.0 Å². The lowest BCUT2D eigenvalue weighted by molar-refractivity contribution is -0.138. The quantitative estimate of drug-likeness (QED) is 0.837. The van der Waals surface area contributed by atoms with E-state index in [1.54, 1.807) is 6.92 Å². The first kappa shape index (κ1) is 12.4. The minimum absolute atomic E-state index is 0.0147. The summed E-state index contributed by atoms with van der Waals surface area (Å²) in [4.78, 5) is 26.9. The molecule has 0 aromatic carbocycles. The average Bonchev–Trinajstić information content (AvgIpc) is 2.76. The van der Waals surface area contributed by atoms with Crippen molar-refractivity contribution in [2.24, 2.45) is 0 Å². The number of ether oxygens (including phenoxy) is 1. The number of thiazole rings is 1. The van der Waals surface area contributed by atoms with Crippen LogP contribution >= 0.6 is 23.1 Å². The zero-order chi connectivity index (χ0) is 12.4. The van der Waals surface area contributed by atoms with Gasteiger partial charge in [-0.05, 0) is 6.92 Å². The number of aryl methyl sites for hydroxylation is 1. The van der Waals surface area contributed by atoms with E-state index in [2.05, 4.69) is 4.98 Å². The maximum absolute atomic E-state index is 11.3. The molecule has 0 radical (unpaired) electrons. The van der Waals surface area contributed by atoms with Crippen molar-refractivity contribution in [3.8, 4) is 0 Å². The van der Waals surface area contributed by atoms with E-state index in [1.807, 2.05) is 0 Å². The predicted molar refractivity (Wildman–Crippen MR) is 63.4 cm³/mol. The van der Waals surface area contributed by atoms with Crippen LogP contribution in [-0.2, 0) is 20.7 Å². The normalized spacial score (nSPS) is 19.4. The third kappa shape index (κ3) is 2.98. The number of nitrogens with zero attached hydrogens (tertiary/aromatic N) is 1. The molecule has 2 rings (SSSR count). The molecule has 0 aliphatic carbocycles. The predicted octanol–water partition coefficient (Wildman–Crippen LogP) is 1.49. The standard InChI is InChI=1S/C10H11NO4S2/c1-5-7(4-8(12)13)17-10(11-5)16-6-2-3-15-9(6)14/h6H,2-4H2,1H3,(H,12,13). The second kappa shape index (κ2) is 5.05. The van der Waals surface area contributed by atoms with Gasteiger partial charge in [0.25, 0.3) is 0 Å². The largest absolute Gasteiger partial charge is 0.481 e. The Morgan fingerprint density at radius 3 is 3.06 bits per heavy atom. The average molecular weight is 273 g/mol. The van der Waals surface area contributed by atoms with E-state index in [0.717, 1.165) is 14.9 Å².